The van der Waals surface area contributed by atoms with Gasteiger partial charge in [-0.3, -0.25) is 9.59 Å². The quantitative estimate of drug-likeness (QED) is 0.364. The molecule has 0 unspecified atom stereocenters. The van der Waals surface area contributed by atoms with Gasteiger partial charge in [0, 0.05) is 37.6 Å². The molecule has 0 fully saturated rings. The van der Waals surface area contributed by atoms with Crippen LogP contribution >= 0.6 is 0 Å². The fourth-order valence-corrected chi connectivity index (χ4v) is 3.43. The molecule has 0 radical (unpaired) electrons. The first-order chi connectivity index (χ1) is 15.8. The predicted molar refractivity (Wildman–Crippen MR) is 116 cm³/mol. The van der Waals surface area contributed by atoms with Crippen LogP contribution in [0.25, 0.3) is 0 Å². The summed E-state index contributed by atoms with van der Waals surface area (Å²) < 4.78 is 41.5. The van der Waals surface area contributed by atoms with Crippen molar-refractivity contribution in [2.75, 3.05) is 26.4 Å². The summed E-state index contributed by atoms with van der Waals surface area (Å²) in [5.41, 5.74) is 0.205. The van der Waals surface area contributed by atoms with E-state index >= 15 is 0 Å². The standard InChI is InChI=1S/C21H25N3O8S/c1-3-30-13-5-12-22-19(25)15-6-9-17(10-7-15)33(28,29)24-20(26)16-8-11-18(23-14-16)32-21(27)31-4-2/h6-11,14H,3-5,12-13H2,1-2H3,(H,22,25)(H,24,26). The number of ether oxygens (including phenoxy) is 3. The van der Waals surface area contributed by atoms with Gasteiger partial charge >= 0.3 is 6.16 Å². The van der Waals surface area contributed by atoms with Gasteiger partial charge < -0.3 is 19.5 Å². The van der Waals surface area contributed by atoms with Crippen LogP contribution in [0.2, 0.25) is 0 Å². The van der Waals surface area contributed by atoms with Gasteiger partial charge in [-0.25, -0.2) is 22.9 Å². The molecule has 0 atom stereocenters. The van der Waals surface area contributed by atoms with Crippen molar-refractivity contribution < 1.29 is 37.0 Å². The number of amides is 2. The van der Waals surface area contributed by atoms with Gasteiger partial charge in [-0.1, -0.05) is 0 Å². The molecular formula is C21H25N3O8S. The molecule has 0 spiro atoms. The second-order valence-corrected chi connectivity index (χ2v) is 8.12. The lowest BCUT2D eigenvalue weighted by atomic mass is 10.2. The fourth-order valence-electron chi connectivity index (χ4n) is 2.46. The van der Waals surface area contributed by atoms with Crippen molar-refractivity contribution in [3.8, 4) is 5.88 Å². The number of nitrogens with one attached hydrogen (secondary N) is 2. The van der Waals surface area contributed by atoms with Gasteiger partial charge in [0.2, 0.25) is 5.88 Å². The molecule has 178 valence electrons. The number of hydrogen-bond donors (Lipinski definition) is 2. The zero-order chi connectivity index (χ0) is 24.3. The van der Waals surface area contributed by atoms with Gasteiger partial charge in [-0.2, -0.15) is 0 Å². The van der Waals surface area contributed by atoms with E-state index in [1.165, 1.54) is 36.4 Å². The number of benzene rings is 1. The summed E-state index contributed by atoms with van der Waals surface area (Å²) in [5, 5.41) is 2.71. The Bertz CT molecular complexity index is 1050. The number of nitrogens with zero attached hydrogens (tertiary/aromatic N) is 1. The first kappa shape index (κ1) is 25.7. The summed E-state index contributed by atoms with van der Waals surface area (Å²) >= 11 is 0. The second kappa shape index (κ2) is 12.5. The average molecular weight is 480 g/mol. The van der Waals surface area contributed by atoms with E-state index in [4.69, 9.17) is 9.47 Å². The minimum Gasteiger partial charge on any atom is -0.434 e. The van der Waals surface area contributed by atoms with E-state index in [1.54, 1.807) is 6.92 Å². The van der Waals surface area contributed by atoms with Gasteiger partial charge in [0.25, 0.3) is 21.8 Å². The van der Waals surface area contributed by atoms with Gasteiger partial charge in [-0.15, -0.1) is 0 Å². The highest BCUT2D eigenvalue weighted by Gasteiger charge is 2.20. The van der Waals surface area contributed by atoms with Crippen LogP contribution in [-0.4, -0.2) is 57.7 Å². The average Bonchev–Trinajstić information content (AvgIpc) is 2.79. The Balaban J connectivity index is 1.95. The molecular weight excluding hydrogens is 454 g/mol. The van der Waals surface area contributed by atoms with E-state index in [1.807, 2.05) is 11.6 Å². The van der Waals surface area contributed by atoms with E-state index < -0.39 is 22.1 Å². The van der Waals surface area contributed by atoms with Crippen molar-refractivity contribution in [3.63, 3.8) is 0 Å². The Labute approximate surface area is 191 Å². The van der Waals surface area contributed by atoms with Crippen LogP contribution in [0, 0.1) is 0 Å². The Hall–Kier alpha value is -3.51. The first-order valence-electron chi connectivity index (χ1n) is 10.1. The number of pyridine rings is 1. The van der Waals surface area contributed by atoms with Crippen LogP contribution in [0.4, 0.5) is 4.79 Å². The van der Waals surface area contributed by atoms with Crippen molar-refractivity contribution >= 4 is 28.0 Å². The second-order valence-electron chi connectivity index (χ2n) is 6.44. The Morgan fingerprint density at radius 1 is 0.939 bits per heavy atom. The van der Waals surface area contributed by atoms with Crippen molar-refractivity contribution in [1.29, 1.82) is 0 Å². The molecule has 1 aromatic carbocycles. The third-order valence-electron chi connectivity index (χ3n) is 4.06. The van der Waals surface area contributed by atoms with Crippen molar-refractivity contribution in [3.05, 3.63) is 53.7 Å². The highest BCUT2D eigenvalue weighted by Crippen LogP contribution is 2.13. The molecule has 0 aliphatic heterocycles. The monoisotopic (exact) mass is 479 g/mol. The summed E-state index contributed by atoms with van der Waals surface area (Å²) in [7, 11) is -4.19. The summed E-state index contributed by atoms with van der Waals surface area (Å²) in [6.45, 7) is 5.17. The maximum Gasteiger partial charge on any atom is 0.515 e. The van der Waals surface area contributed by atoms with Gasteiger partial charge in [0.1, 0.15) is 0 Å². The van der Waals surface area contributed by atoms with Crippen LogP contribution < -0.4 is 14.8 Å². The zero-order valence-electron chi connectivity index (χ0n) is 18.2. The molecule has 2 amide bonds. The van der Waals surface area contributed by atoms with Gasteiger partial charge in [-0.05, 0) is 50.6 Å². The lowest BCUT2D eigenvalue weighted by molar-refractivity contribution is 0.0940. The molecule has 2 N–H and O–H groups in total. The molecule has 1 heterocycles. The van der Waals surface area contributed by atoms with Crippen LogP contribution in [-0.2, 0) is 19.5 Å². The normalized spacial score (nSPS) is 10.8. The Morgan fingerprint density at radius 3 is 2.24 bits per heavy atom. The molecule has 0 bridgehead atoms. The van der Waals surface area contributed by atoms with Crippen molar-refractivity contribution in [1.82, 2.24) is 15.0 Å². The van der Waals surface area contributed by atoms with Gasteiger partial charge in [0.05, 0.1) is 17.1 Å². The maximum atomic E-state index is 12.5. The molecule has 33 heavy (non-hydrogen) atoms. The minimum absolute atomic E-state index is 0.0714. The number of sulfonamides is 1. The number of carbonyl (C=O) groups excluding carboxylic acids is 3. The molecule has 0 aliphatic carbocycles. The highest BCUT2D eigenvalue weighted by atomic mass is 32.2. The molecule has 0 saturated carbocycles. The number of carbonyl (C=O) groups is 3. The van der Waals surface area contributed by atoms with E-state index in [-0.39, 0.29) is 34.4 Å². The van der Waals surface area contributed by atoms with Crippen molar-refractivity contribution in [2.45, 2.75) is 25.2 Å². The van der Waals surface area contributed by atoms with Crippen LogP contribution in [0.1, 0.15) is 41.0 Å². The van der Waals surface area contributed by atoms with Crippen molar-refractivity contribution in [2.24, 2.45) is 0 Å². The zero-order valence-corrected chi connectivity index (χ0v) is 19.0. The van der Waals surface area contributed by atoms with Crippen LogP contribution in [0.3, 0.4) is 0 Å². The third-order valence-corrected chi connectivity index (χ3v) is 5.40. The number of rotatable bonds is 11. The number of aromatic nitrogens is 1. The molecule has 12 heteroatoms. The summed E-state index contributed by atoms with van der Waals surface area (Å²) in [5.74, 6) is -1.39. The highest BCUT2D eigenvalue weighted by molar-refractivity contribution is 7.90. The van der Waals surface area contributed by atoms with Crippen LogP contribution in [0.15, 0.2) is 47.5 Å². The largest absolute Gasteiger partial charge is 0.515 e. The molecule has 11 nitrogen and oxygen atoms in total. The molecule has 0 saturated heterocycles. The van der Waals surface area contributed by atoms with Crippen LogP contribution in [0.5, 0.6) is 5.88 Å². The SMILES string of the molecule is CCOCCCNC(=O)c1ccc(S(=O)(=O)NC(=O)c2ccc(OC(=O)OCC)nc2)cc1. The smallest absolute Gasteiger partial charge is 0.434 e. The molecule has 2 rings (SSSR count). The predicted octanol–water partition coefficient (Wildman–Crippen LogP) is 1.89. The van der Waals surface area contributed by atoms with E-state index in [9.17, 15) is 22.8 Å². The maximum absolute atomic E-state index is 12.5. The lowest BCUT2D eigenvalue weighted by Crippen LogP contribution is -2.31. The Morgan fingerprint density at radius 2 is 1.64 bits per heavy atom. The topological polar surface area (TPSA) is 150 Å². The minimum atomic E-state index is -4.19. The van der Waals surface area contributed by atoms with E-state index in [2.05, 4.69) is 15.0 Å². The summed E-state index contributed by atoms with van der Waals surface area (Å²) in [4.78, 5) is 39.2. The molecule has 0 aliphatic rings. The number of hydrogen-bond acceptors (Lipinski definition) is 9. The summed E-state index contributed by atoms with van der Waals surface area (Å²) in [6, 6.07) is 7.60. The Kier molecular flexibility index (Phi) is 9.76. The lowest BCUT2D eigenvalue weighted by Gasteiger charge is -2.09. The third kappa shape index (κ3) is 8.16. The molecule has 1 aromatic heterocycles. The van der Waals surface area contributed by atoms with E-state index in [0.717, 1.165) is 6.20 Å². The van der Waals surface area contributed by atoms with Gasteiger partial charge in [0.15, 0.2) is 0 Å². The molecule has 2 aromatic rings. The van der Waals surface area contributed by atoms with E-state index in [0.29, 0.717) is 26.2 Å². The first-order valence-corrected chi connectivity index (χ1v) is 11.6. The summed E-state index contributed by atoms with van der Waals surface area (Å²) in [6.07, 6.45) is 0.758. The fraction of sp³-hybridized carbons (Fsp3) is 0.333.